The minimum absolute atomic E-state index is 0.263. The van der Waals surface area contributed by atoms with Gasteiger partial charge in [-0.15, -0.1) is 0 Å². The zero-order valence-electron chi connectivity index (χ0n) is 10.2. The lowest BCUT2D eigenvalue weighted by atomic mass is 10.2. The Balaban J connectivity index is 1.96. The molecule has 1 aromatic carbocycles. The Labute approximate surface area is 124 Å². The lowest BCUT2D eigenvalue weighted by Crippen LogP contribution is -2.06. The fourth-order valence-electron chi connectivity index (χ4n) is 1.59. The highest BCUT2D eigenvalue weighted by Gasteiger charge is 2.21. The first kappa shape index (κ1) is 14.2. The van der Waals surface area contributed by atoms with Gasteiger partial charge in [0.2, 0.25) is 0 Å². The van der Waals surface area contributed by atoms with Crippen LogP contribution < -0.4 is 9.47 Å². The van der Waals surface area contributed by atoms with E-state index in [1.165, 1.54) is 12.8 Å². The van der Waals surface area contributed by atoms with Crippen molar-refractivity contribution in [1.29, 1.82) is 0 Å². The van der Waals surface area contributed by atoms with Crippen molar-refractivity contribution in [2.24, 2.45) is 5.92 Å². The molecule has 18 heavy (non-hydrogen) atoms. The van der Waals surface area contributed by atoms with Crippen LogP contribution in [0.2, 0.25) is 0 Å². The minimum Gasteiger partial charge on any atom is -0.493 e. The number of ether oxygens (including phenoxy) is 3. The fraction of sp³-hybridized carbons (Fsp3) is 0.538. The number of hydrogen-bond acceptors (Lipinski definition) is 3. The molecule has 0 spiro atoms. The van der Waals surface area contributed by atoms with Gasteiger partial charge in [-0.3, -0.25) is 0 Å². The molecule has 0 radical (unpaired) electrons. The van der Waals surface area contributed by atoms with Crippen LogP contribution in [-0.2, 0) is 10.1 Å². The van der Waals surface area contributed by atoms with E-state index in [4.69, 9.17) is 14.2 Å². The van der Waals surface area contributed by atoms with Gasteiger partial charge in [-0.05, 0) is 52.4 Å². The molecule has 1 aliphatic carbocycles. The lowest BCUT2D eigenvalue weighted by molar-refractivity contribution is 0.00822. The Morgan fingerprint density at radius 1 is 1.33 bits per heavy atom. The summed E-state index contributed by atoms with van der Waals surface area (Å²) in [5.41, 5.74) is 1.13. The molecular weight excluding hydrogens is 364 g/mol. The molecule has 0 aliphatic heterocycles. The summed E-state index contributed by atoms with van der Waals surface area (Å²) in [6.45, 7) is 1.05. The third kappa shape index (κ3) is 3.87. The minimum atomic E-state index is 0.263. The molecule has 3 nitrogen and oxygen atoms in total. The maximum absolute atomic E-state index is 5.63. The molecule has 0 heterocycles. The number of hydrogen-bond donors (Lipinski definition) is 0. The van der Waals surface area contributed by atoms with Crippen LogP contribution in [0.3, 0.4) is 0 Å². The third-order valence-electron chi connectivity index (χ3n) is 2.78. The van der Waals surface area contributed by atoms with E-state index < -0.39 is 0 Å². The molecule has 1 saturated carbocycles. The molecule has 5 heteroatoms. The summed E-state index contributed by atoms with van der Waals surface area (Å²) in [5.74, 6) is 2.15. The largest absolute Gasteiger partial charge is 0.493 e. The smallest absolute Gasteiger partial charge is 0.189 e. The molecule has 0 saturated heterocycles. The first-order valence-corrected chi connectivity index (χ1v) is 7.79. The van der Waals surface area contributed by atoms with Crippen LogP contribution in [0.5, 0.6) is 11.5 Å². The first-order chi connectivity index (χ1) is 8.74. The number of halogens is 2. The van der Waals surface area contributed by atoms with E-state index in [1.54, 1.807) is 7.11 Å². The summed E-state index contributed by atoms with van der Waals surface area (Å²) in [6.07, 6.45) is 2.57. The van der Waals surface area contributed by atoms with Gasteiger partial charge >= 0.3 is 0 Å². The monoisotopic (exact) mass is 378 g/mol. The molecule has 1 aliphatic rings. The van der Waals surface area contributed by atoms with E-state index >= 15 is 0 Å². The molecule has 2 rings (SSSR count). The Hall–Kier alpha value is -0.260. The Morgan fingerprint density at radius 2 is 2.11 bits per heavy atom. The predicted octanol–water partition coefficient (Wildman–Crippen LogP) is 4.12. The van der Waals surface area contributed by atoms with Gasteiger partial charge in [-0.25, -0.2) is 0 Å². The topological polar surface area (TPSA) is 27.7 Å². The maximum atomic E-state index is 5.63. The van der Waals surface area contributed by atoms with Crippen LogP contribution >= 0.6 is 31.9 Å². The number of alkyl halides is 1. The van der Waals surface area contributed by atoms with Crippen molar-refractivity contribution in [3.63, 3.8) is 0 Å². The molecule has 0 atom stereocenters. The third-order valence-corrected chi connectivity index (χ3v) is 4.02. The van der Waals surface area contributed by atoms with Crippen molar-refractivity contribution in [3.05, 3.63) is 22.2 Å². The lowest BCUT2D eigenvalue weighted by Gasteiger charge is -2.13. The average Bonchev–Trinajstić information content (AvgIpc) is 3.19. The van der Waals surface area contributed by atoms with Crippen molar-refractivity contribution in [2.75, 3.05) is 20.5 Å². The van der Waals surface area contributed by atoms with Crippen molar-refractivity contribution >= 4 is 31.9 Å². The number of rotatable bonds is 7. The summed E-state index contributed by atoms with van der Waals surface area (Å²) in [5, 5.41) is 0.778. The second-order valence-corrected chi connectivity index (χ2v) is 5.73. The second-order valence-electron chi connectivity index (χ2n) is 4.32. The number of benzene rings is 1. The highest BCUT2D eigenvalue weighted by Crippen LogP contribution is 2.37. The number of methoxy groups -OCH3 is 1. The van der Waals surface area contributed by atoms with E-state index in [2.05, 4.69) is 31.9 Å². The summed E-state index contributed by atoms with van der Waals surface area (Å²) < 4.78 is 17.3. The second kappa shape index (κ2) is 6.78. The van der Waals surface area contributed by atoms with Gasteiger partial charge in [0.1, 0.15) is 0 Å². The van der Waals surface area contributed by atoms with Crippen LogP contribution in [0, 0.1) is 5.92 Å². The SMILES string of the molecule is COc1cc(CBr)cc(Br)c1OCOCC1CC1. The molecule has 1 aromatic rings. The zero-order valence-corrected chi connectivity index (χ0v) is 13.4. The van der Waals surface area contributed by atoms with E-state index in [1.807, 2.05) is 12.1 Å². The van der Waals surface area contributed by atoms with Crippen molar-refractivity contribution in [3.8, 4) is 11.5 Å². The molecule has 0 aromatic heterocycles. The molecule has 0 bridgehead atoms. The Kier molecular flexibility index (Phi) is 5.33. The Morgan fingerprint density at radius 3 is 2.72 bits per heavy atom. The summed E-state index contributed by atoms with van der Waals surface area (Å²) >= 11 is 6.92. The molecule has 0 amide bonds. The van der Waals surface area contributed by atoms with E-state index in [0.717, 1.165) is 27.9 Å². The van der Waals surface area contributed by atoms with Crippen molar-refractivity contribution in [2.45, 2.75) is 18.2 Å². The summed E-state index contributed by atoms with van der Waals surface area (Å²) in [7, 11) is 1.64. The van der Waals surface area contributed by atoms with Crippen LogP contribution in [0.15, 0.2) is 16.6 Å². The van der Waals surface area contributed by atoms with Gasteiger partial charge in [0.25, 0.3) is 0 Å². The van der Waals surface area contributed by atoms with Crippen molar-refractivity contribution in [1.82, 2.24) is 0 Å². The van der Waals surface area contributed by atoms with Crippen LogP contribution in [-0.4, -0.2) is 20.5 Å². The quantitative estimate of drug-likeness (QED) is 0.405. The van der Waals surface area contributed by atoms with Gasteiger partial charge in [-0.1, -0.05) is 15.9 Å². The zero-order chi connectivity index (χ0) is 13.0. The first-order valence-electron chi connectivity index (χ1n) is 5.87. The van der Waals surface area contributed by atoms with E-state index in [9.17, 15) is 0 Å². The predicted molar refractivity (Wildman–Crippen MR) is 77.5 cm³/mol. The van der Waals surface area contributed by atoms with Gasteiger partial charge in [0, 0.05) is 5.33 Å². The fourth-order valence-corrected chi connectivity index (χ4v) is 2.52. The summed E-state index contributed by atoms with van der Waals surface area (Å²) in [6, 6.07) is 3.96. The normalized spacial score (nSPS) is 14.6. The van der Waals surface area contributed by atoms with E-state index in [-0.39, 0.29) is 6.79 Å². The molecule has 0 N–H and O–H groups in total. The molecule has 0 unspecified atom stereocenters. The standard InChI is InChI=1S/C13H16Br2O3/c1-16-12-5-10(6-14)4-11(15)13(12)18-8-17-7-9-2-3-9/h4-5,9H,2-3,6-8H2,1H3. The maximum Gasteiger partial charge on any atom is 0.189 e. The Bertz CT molecular complexity index is 405. The molecule has 100 valence electrons. The van der Waals surface area contributed by atoms with Gasteiger partial charge in [-0.2, -0.15) is 0 Å². The molecule has 1 fully saturated rings. The summed E-state index contributed by atoms with van der Waals surface area (Å²) in [4.78, 5) is 0. The highest BCUT2D eigenvalue weighted by molar-refractivity contribution is 9.10. The van der Waals surface area contributed by atoms with Gasteiger partial charge in [0.05, 0.1) is 18.2 Å². The van der Waals surface area contributed by atoms with Crippen LogP contribution in [0.25, 0.3) is 0 Å². The highest BCUT2D eigenvalue weighted by atomic mass is 79.9. The van der Waals surface area contributed by atoms with Gasteiger partial charge < -0.3 is 14.2 Å². The van der Waals surface area contributed by atoms with Crippen molar-refractivity contribution < 1.29 is 14.2 Å². The van der Waals surface area contributed by atoms with Crippen LogP contribution in [0.1, 0.15) is 18.4 Å². The molecular formula is C13H16Br2O3. The van der Waals surface area contributed by atoms with E-state index in [0.29, 0.717) is 11.5 Å². The van der Waals surface area contributed by atoms with Gasteiger partial charge in [0.15, 0.2) is 18.3 Å². The van der Waals surface area contributed by atoms with Crippen LogP contribution in [0.4, 0.5) is 0 Å². The average molecular weight is 380 g/mol.